The van der Waals surface area contributed by atoms with Crippen molar-refractivity contribution < 1.29 is 9.18 Å². The lowest BCUT2D eigenvalue weighted by atomic mass is 9.95. The van der Waals surface area contributed by atoms with Crippen molar-refractivity contribution in [2.75, 3.05) is 32.5 Å². The molecule has 0 bridgehead atoms. The lowest BCUT2D eigenvalue weighted by Gasteiger charge is -2.30. The minimum absolute atomic E-state index is 0.298. The van der Waals surface area contributed by atoms with Crippen LogP contribution in [0.15, 0.2) is 41.7 Å². The van der Waals surface area contributed by atoms with Crippen molar-refractivity contribution in [2.45, 2.75) is 19.8 Å². The number of imidazole rings is 1. The van der Waals surface area contributed by atoms with Gasteiger partial charge in [-0.25, -0.2) is 9.37 Å². The van der Waals surface area contributed by atoms with Gasteiger partial charge in [0.2, 0.25) is 0 Å². The van der Waals surface area contributed by atoms with E-state index in [0.29, 0.717) is 28.4 Å². The number of fused-ring (bicyclic) bond motifs is 1. The molecule has 7 heteroatoms. The van der Waals surface area contributed by atoms with Gasteiger partial charge in [-0.1, -0.05) is 6.07 Å². The number of hydrogen-bond donors (Lipinski definition) is 1. The van der Waals surface area contributed by atoms with Gasteiger partial charge in [0.15, 0.2) is 17.8 Å². The number of aromatic nitrogens is 2. The van der Waals surface area contributed by atoms with Gasteiger partial charge < -0.3 is 14.6 Å². The second-order valence-corrected chi connectivity index (χ2v) is 7.92. The molecule has 30 heavy (non-hydrogen) atoms. The van der Waals surface area contributed by atoms with Gasteiger partial charge in [0.25, 0.3) is 0 Å². The lowest BCUT2D eigenvalue weighted by molar-refractivity contribution is 0.112. The number of nitrogens with one attached hydrogen (secondary N) is 1. The number of likely N-dealkylation sites (tertiary alicyclic amines) is 1. The number of hydrogen-bond acceptors (Lipinski definition) is 4. The summed E-state index contributed by atoms with van der Waals surface area (Å²) < 4.78 is 16.1. The van der Waals surface area contributed by atoms with Crippen molar-refractivity contribution in [1.29, 1.82) is 0 Å². The highest BCUT2D eigenvalue weighted by Crippen LogP contribution is 2.28. The largest absolute Gasteiger partial charge is 0.343 e. The third-order valence-corrected chi connectivity index (χ3v) is 5.75. The second kappa shape index (κ2) is 8.36. The third kappa shape index (κ3) is 3.98. The number of rotatable bonds is 4. The molecule has 1 fully saturated rings. The predicted molar refractivity (Wildman–Crippen MR) is 118 cm³/mol. The van der Waals surface area contributed by atoms with Crippen LogP contribution in [-0.4, -0.2) is 53.6 Å². The van der Waals surface area contributed by atoms with Crippen molar-refractivity contribution in [3.63, 3.8) is 0 Å². The number of aryl methyl sites for hydroxylation is 1. The first-order chi connectivity index (χ1) is 14.5. The number of benzene rings is 1. The van der Waals surface area contributed by atoms with Crippen LogP contribution in [-0.2, 0) is 0 Å². The topological polar surface area (TPSA) is 62.0 Å². The van der Waals surface area contributed by atoms with Gasteiger partial charge in [0.1, 0.15) is 5.84 Å². The van der Waals surface area contributed by atoms with Crippen LogP contribution in [0.25, 0.3) is 16.8 Å². The van der Waals surface area contributed by atoms with Crippen LogP contribution in [0.4, 0.5) is 10.1 Å². The van der Waals surface area contributed by atoms with Gasteiger partial charge in [0.05, 0.1) is 5.69 Å². The number of aliphatic imine (C=N–C) groups is 1. The van der Waals surface area contributed by atoms with Gasteiger partial charge in [-0.3, -0.25) is 9.79 Å². The first kappa shape index (κ1) is 20.2. The summed E-state index contributed by atoms with van der Waals surface area (Å²) in [5.74, 6) is 0.866. The van der Waals surface area contributed by atoms with E-state index in [2.05, 4.69) is 27.2 Å². The molecule has 1 aliphatic heterocycles. The highest BCUT2D eigenvalue weighted by atomic mass is 19.1. The van der Waals surface area contributed by atoms with Gasteiger partial charge in [0, 0.05) is 42.2 Å². The minimum atomic E-state index is -0.391. The van der Waals surface area contributed by atoms with E-state index >= 15 is 0 Å². The van der Waals surface area contributed by atoms with E-state index in [9.17, 15) is 9.18 Å². The van der Waals surface area contributed by atoms with Crippen molar-refractivity contribution in [1.82, 2.24) is 14.3 Å². The number of amidine groups is 1. The van der Waals surface area contributed by atoms with E-state index in [1.807, 2.05) is 25.3 Å². The first-order valence-electron chi connectivity index (χ1n) is 10.1. The summed E-state index contributed by atoms with van der Waals surface area (Å²) in [6.45, 7) is 3.90. The molecule has 4 rings (SSSR count). The van der Waals surface area contributed by atoms with Gasteiger partial charge in [-0.05, 0) is 63.7 Å². The fraction of sp³-hybridized carbons (Fsp3) is 0.348. The number of nitrogens with zero attached hydrogens (tertiary/aromatic N) is 4. The Hall–Kier alpha value is -3.06. The average molecular weight is 407 g/mol. The zero-order chi connectivity index (χ0) is 21.3. The summed E-state index contributed by atoms with van der Waals surface area (Å²) in [6, 6.07) is 6.99. The van der Waals surface area contributed by atoms with Crippen LogP contribution in [0.1, 0.15) is 28.9 Å². The summed E-state index contributed by atoms with van der Waals surface area (Å²) in [7, 11) is 3.90. The van der Waals surface area contributed by atoms with E-state index in [1.165, 1.54) is 6.07 Å². The molecule has 3 heterocycles. The van der Waals surface area contributed by atoms with Crippen molar-refractivity contribution in [3.05, 3.63) is 53.7 Å². The molecule has 3 aromatic rings. The molecule has 0 saturated carbocycles. The molecule has 156 valence electrons. The molecule has 0 radical (unpaired) electrons. The molecule has 1 saturated heterocycles. The molecule has 0 spiro atoms. The number of aldehydes is 1. The fourth-order valence-electron chi connectivity index (χ4n) is 4.05. The summed E-state index contributed by atoms with van der Waals surface area (Å²) in [5.41, 5.74) is 3.74. The van der Waals surface area contributed by atoms with Crippen LogP contribution >= 0.6 is 0 Å². The zero-order valence-corrected chi connectivity index (χ0v) is 17.5. The number of halogens is 1. The summed E-state index contributed by atoms with van der Waals surface area (Å²) in [5, 5.41) is 3.37. The van der Waals surface area contributed by atoms with Crippen molar-refractivity contribution >= 4 is 23.5 Å². The Bertz CT molecular complexity index is 1110. The molecular weight excluding hydrogens is 381 g/mol. The Morgan fingerprint density at radius 1 is 1.23 bits per heavy atom. The van der Waals surface area contributed by atoms with Gasteiger partial charge in [-0.2, -0.15) is 0 Å². The SMILES string of the molecule is CN=C(Nc1ccc(-c2cc(F)c3nc(C)cn3c2)cc1C=O)C1CCN(C)CC1. The van der Waals surface area contributed by atoms with Crippen molar-refractivity contribution in [3.8, 4) is 11.1 Å². The molecule has 1 aliphatic rings. The maximum Gasteiger partial charge on any atom is 0.173 e. The minimum Gasteiger partial charge on any atom is -0.343 e. The van der Waals surface area contributed by atoms with E-state index in [0.717, 1.165) is 49.3 Å². The normalized spacial score (nSPS) is 16.2. The number of piperidine rings is 1. The Labute approximate surface area is 175 Å². The number of carbonyl (C=O) groups excluding carboxylic acids is 1. The van der Waals surface area contributed by atoms with Gasteiger partial charge in [-0.15, -0.1) is 0 Å². The number of anilines is 1. The van der Waals surface area contributed by atoms with Crippen LogP contribution in [0.2, 0.25) is 0 Å². The number of carbonyl (C=O) groups is 1. The summed E-state index contributed by atoms with van der Waals surface area (Å²) >= 11 is 0. The zero-order valence-electron chi connectivity index (χ0n) is 17.5. The monoisotopic (exact) mass is 407 g/mol. The van der Waals surface area contributed by atoms with Crippen LogP contribution in [0.5, 0.6) is 0 Å². The standard InChI is InChI=1S/C23H26FN5O/c1-15-12-29-13-18(11-20(24)23(29)26-15)17-4-5-21(19(10-17)14-30)27-22(25-2)16-6-8-28(3)9-7-16/h4-5,10-14,16H,6-9H2,1-3H3,(H,25,27). The Kier molecular flexibility index (Phi) is 5.63. The second-order valence-electron chi connectivity index (χ2n) is 7.92. The summed E-state index contributed by atoms with van der Waals surface area (Å²) in [6.07, 6.45) is 6.50. The first-order valence-corrected chi connectivity index (χ1v) is 10.1. The highest BCUT2D eigenvalue weighted by molar-refractivity contribution is 6.01. The Morgan fingerprint density at radius 2 is 2.00 bits per heavy atom. The van der Waals surface area contributed by atoms with E-state index in [-0.39, 0.29) is 0 Å². The smallest absolute Gasteiger partial charge is 0.173 e. The lowest BCUT2D eigenvalue weighted by Crippen LogP contribution is -2.36. The van der Waals surface area contributed by atoms with Crippen LogP contribution in [0.3, 0.4) is 0 Å². The van der Waals surface area contributed by atoms with Crippen LogP contribution < -0.4 is 5.32 Å². The Balaban J connectivity index is 1.62. The molecule has 1 N–H and O–H groups in total. The van der Waals surface area contributed by atoms with E-state index in [1.54, 1.807) is 23.7 Å². The summed E-state index contributed by atoms with van der Waals surface area (Å²) in [4.78, 5) is 22.8. The molecule has 2 aromatic heterocycles. The molecule has 1 aromatic carbocycles. The maximum absolute atomic E-state index is 14.5. The van der Waals surface area contributed by atoms with E-state index < -0.39 is 5.82 Å². The van der Waals surface area contributed by atoms with Crippen LogP contribution in [0, 0.1) is 18.7 Å². The molecular formula is C23H26FN5O. The third-order valence-electron chi connectivity index (χ3n) is 5.75. The number of pyridine rings is 1. The fourth-order valence-corrected chi connectivity index (χ4v) is 4.05. The molecule has 0 aliphatic carbocycles. The average Bonchev–Trinajstić information content (AvgIpc) is 3.13. The maximum atomic E-state index is 14.5. The highest BCUT2D eigenvalue weighted by Gasteiger charge is 2.22. The molecule has 0 unspecified atom stereocenters. The predicted octanol–water partition coefficient (Wildman–Crippen LogP) is 4.04. The quantitative estimate of drug-likeness (QED) is 0.403. The van der Waals surface area contributed by atoms with E-state index in [4.69, 9.17) is 0 Å². The Morgan fingerprint density at radius 3 is 2.70 bits per heavy atom. The van der Waals surface area contributed by atoms with Crippen molar-refractivity contribution in [2.24, 2.45) is 10.9 Å². The molecule has 0 atom stereocenters. The van der Waals surface area contributed by atoms with Gasteiger partial charge >= 0.3 is 0 Å². The molecule has 6 nitrogen and oxygen atoms in total. The molecule has 0 amide bonds.